The number of Topliss-reactive ketones (excluding diaryl/α,β-unsaturated/α-hetero) is 2. The highest BCUT2D eigenvalue weighted by Gasteiger charge is 2.16. The summed E-state index contributed by atoms with van der Waals surface area (Å²) >= 11 is 0. The summed E-state index contributed by atoms with van der Waals surface area (Å²) in [6.45, 7) is 1.62. The Hall–Kier alpha value is -3.35. The van der Waals surface area contributed by atoms with Crippen molar-refractivity contribution in [2.45, 2.75) is 6.92 Å². The molecule has 0 saturated heterocycles. The molecular weight excluding hydrogens is 352 g/mol. The molecule has 0 atom stereocenters. The van der Waals surface area contributed by atoms with Crippen LogP contribution in [0.15, 0.2) is 42.5 Å². The maximum atomic E-state index is 12.2. The van der Waals surface area contributed by atoms with Crippen molar-refractivity contribution in [3.63, 3.8) is 0 Å². The average molecular weight is 370 g/mol. The third-order valence-electron chi connectivity index (χ3n) is 3.85. The monoisotopic (exact) mass is 370 g/mol. The van der Waals surface area contributed by atoms with Gasteiger partial charge in [0.25, 0.3) is 0 Å². The van der Waals surface area contributed by atoms with Gasteiger partial charge in [-0.05, 0) is 49.4 Å². The predicted molar refractivity (Wildman–Crippen MR) is 94.7 cm³/mol. The zero-order valence-corrected chi connectivity index (χ0v) is 14.7. The summed E-state index contributed by atoms with van der Waals surface area (Å²) in [5, 5.41) is 0. The van der Waals surface area contributed by atoms with Crippen molar-refractivity contribution < 1.29 is 33.3 Å². The second kappa shape index (κ2) is 8.35. The number of benzene rings is 2. The third kappa shape index (κ3) is 4.84. The molecule has 0 spiro atoms. The molecule has 7 heteroatoms. The maximum absolute atomic E-state index is 12.2. The van der Waals surface area contributed by atoms with E-state index < -0.39 is 12.6 Å². The number of esters is 1. The highest BCUT2D eigenvalue weighted by molar-refractivity contribution is 5.98. The molecule has 7 nitrogen and oxygen atoms in total. The summed E-state index contributed by atoms with van der Waals surface area (Å²) in [6.07, 6.45) is 0. The predicted octanol–water partition coefficient (Wildman–Crippen LogP) is 2.47. The van der Waals surface area contributed by atoms with Crippen molar-refractivity contribution in [3.8, 4) is 17.2 Å². The van der Waals surface area contributed by atoms with E-state index in [0.29, 0.717) is 41.6 Å². The minimum atomic E-state index is -0.670. The third-order valence-corrected chi connectivity index (χ3v) is 3.85. The van der Waals surface area contributed by atoms with Gasteiger partial charge in [-0.25, -0.2) is 4.79 Å². The lowest BCUT2D eigenvalue weighted by Gasteiger charge is -2.18. The molecule has 0 bridgehead atoms. The summed E-state index contributed by atoms with van der Waals surface area (Å²) in [7, 11) is 0. The van der Waals surface area contributed by atoms with Crippen LogP contribution in [-0.2, 0) is 9.53 Å². The summed E-state index contributed by atoms with van der Waals surface area (Å²) in [5.41, 5.74) is 0.919. The highest BCUT2D eigenvalue weighted by atomic mass is 16.6. The number of ether oxygens (including phenoxy) is 4. The molecule has 27 heavy (non-hydrogen) atoms. The lowest BCUT2D eigenvalue weighted by atomic mass is 10.1. The van der Waals surface area contributed by atoms with Crippen molar-refractivity contribution in [2.24, 2.45) is 0 Å². The molecule has 2 aromatic rings. The molecule has 0 aromatic heterocycles. The Labute approximate surface area is 155 Å². The van der Waals surface area contributed by atoms with Gasteiger partial charge in [-0.15, -0.1) is 0 Å². The van der Waals surface area contributed by atoms with Gasteiger partial charge >= 0.3 is 5.97 Å². The second-order valence-corrected chi connectivity index (χ2v) is 5.81. The zero-order chi connectivity index (χ0) is 19.2. The quantitative estimate of drug-likeness (QED) is 0.546. The smallest absolute Gasteiger partial charge is 0.344 e. The van der Waals surface area contributed by atoms with Crippen LogP contribution in [0.5, 0.6) is 17.2 Å². The first-order valence-electron chi connectivity index (χ1n) is 8.35. The molecule has 2 aromatic carbocycles. The molecule has 3 rings (SSSR count). The van der Waals surface area contributed by atoms with Crippen molar-refractivity contribution in [1.82, 2.24) is 0 Å². The lowest BCUT2D eigenvalue weighted by Crippen LogP contribution is -2.20. The van der Waals surface area contributed by atoms with E-state index in [-0.39, 0.29) is 18.2 Å². The average Bonchev–Trinajstić information content (AvgIpc) is 2.70. The van der Waals surface area contributed by atoms with Crippen LogP contribution in [0.2, 0.25) is 0 Å². The Morgan fingerprint density at radius 2 is 1.56 bits per heavy atom. The number of hydrogen-bond donors (Lipinski definition) is 0. The Morgan fingerprint density at radius 3 is 2.26 bits per heavy atom. The van der Waals surface area contributed by atoms with Crippen molar-refractivity contribution in [3.05, 3.63) is 53.6 Å². The largest absolute Gasteiger partial charge is 0.486 e. The highest BCUT2D eigenvalue weighted by Crippen LogP contribution is 2.30. The van der Waals surface area contributed by atoms with Crippen molar-refractivity contribution >= 4 is 17.5 Å². The molecule has 0 radical (unpaired) electrons. The van der Waals surface area contributed by atoms with Crippen LogP contribution in [0.1, 0.15) is 27.6 Å². The molecule has 0 aliphatic carbocycles. The lowest BCUT2D eigenvalue weighted by molar-refractivity contribution is -0.144. The summed E-state index contributed by atoms with van der Waals surface area (Å²) in [4.78, 5) is 35.1. The van der Waals surface area contributed by atoms with E-state index in [0.717, 1.165) is 0 Å². The van der Waals surface area contributed by atoms with Gasteiger partial charge < -0.3 is 18.9 Å². The number of ketones is 2. The Bertz CT molecular complexity index is 855. The van der Waals surface area contributed by atoms with E-state index in [1.165, 1.54) is 6.92 Å². The van der Waals surface area contributed by atoms with Gasteiger partial charge in [-0.1, -0.05) is 0 Å². The SMILES string of the molecule is CC(=O)c1ccc(OCC(=O)OCC(=O)c2ccc3c(c2)OCCO3)cc1. The van der Waals surface area contributed by atoms with Gasteiger partial charge in [-0.3, -0.25) is 9.59 Å². The fourth-order valence-corrected chi connectivity index (χ4v) is 2.42. The molecule has 0 unspecified atom stereocenters. The van der Waals surface area contributed by atoms with Crippen LogP contribution < -0.4 is 14.2 Å². The first-order valence-corrected chi connectivity index (χ1v) is 8.35. The van der Waals surface area contributed by atoms with Crippen molar-refractivity contribution in [2.75, 3.05) is 26.4 Å². The molecule has 0 N–H and O–H groups in total. The van der Waals surface area contributed by atoms with Gasteiger partial charge in [-0.2, -0.15) is 0 Å². The number of carbonyl (C=O) groups is 3. The van der Waals surface area contributed by atoms with Gasteiger partial charge in [0.1, 0.15) is 19.0 Å². The standard InChI is InChI=1S/C20H18O7/c1-13(21)14-2-5-16(6-3-14)26-12-20(23)27-11-17(22)15-4-7-18-19(10-15)25-9-8-24-18/h2-7,10H,8-9,11-12H2,1H3. The fraction of sp³-hybridized carbons (Fsp3) is 0.250. The summed E-state index contributed by atoms with van der Waals surface area (Å²) < 4.78 is 21.0. The van der Waals surface area contributed by atoms with E-state index >= 15 is 0 Å². The van der Waals surface area contributed by atoms with E-state index in [1.54, 1.807) is 42.5 Å². The fourth-order valence-electron chi connectivity index (χ4n) is 2.42. The first-order chi connectivity index (χ1) is 13.0. The molecule has 0 amide bonds. The molecule has 140 valence electrons. The molecule has 1 aliphatic heterocycles. The zero-order valence-electron chi connectivity index (χ0n) is 14.7. The van der Waals surface area contributed by atoms with Crippen molar-refractivity contribution in [1.29, 1.82) is 0 Å². The van der Waals surface area contributed by atoms with Gasteiger partial charge in [0.2, 0.25) is 0 Å². The number of carbonyl (C=O) groups excluding carboxylic acids is 3. The van der Waals surface area contributed by atoms with Crippen LogP contribution in [0.4, 0.5) is 0 Å². The first kappa shape index (κ1) is 18.4. The summed E-state index contributed by atoms with van der Waals surface area (Å²) in [5.74, 6) is 0.422. The topological polar surface area (TPSA) is 88.1 Å². The minimum absolute atomic E-state index is 0.0568. The molecule has 0 saturated carbocycles. The Kier molecular flexibility index (Phi) is 5.71. The Balaban J connectivity index is 1.47. The van der Waals surface area contributed by atoms with E-state index in [1.807, 2.05) is 0 Å². The number of fused-ring (bicyclic) bond motifs is 1. The van der Waals surface area contributed by atoms with E-state index in [2.05, 4.69) is 0 Å². The van der Waals surface area contributed by atoms with Gasteiger partial charge in [0, 0.05) is 11.1 Å². The maximum Gasteiger partial charge on any atom is 0.344 e. The van der Waals surface area contributed by atoms with Gasteiger partial charge in [0.05, 0.1) is 0 Å². The van der Waals surface area contributed by atoms with Gasteiger partial charge in [0.15, 0.2) is 36.3 Å². The summed E-state index contributed by atoms with van der Waals surface area (Å²) in [6, 6.07) is 11.2. The second-order valence-electron chi connectivity index (χ2n) is 5.81. The van der Waals surface area contributed by atoms with Crippen LogP contribution in [0, 0.1) is 0 Å². The molecule has 1 aliphatic rings. The number of rotatable bonds is 7. The molecule has 1 heterocycles. The minimum Gasteiger partial charge on any atom is -0.486 e. The van der Waals surface area contributed by atoms with Crippen LogP contribution in [0.3, 0.4) is 0 Å². The van der Waals surface area contributed by atoms with Crippen LogP contribution >= 0.6 is 0 Å². The van der Waals surface area contributed by atoms with E-state index in [9.17, 15) is 14.4 Å². The normalized spacial score (nSPS) is 12.2. The van der Waals surface area contributed by atoms with E-state index in [4.69, 9.17) is 18.9 Å². The van der Waals surface area contributed by atoms with Crippen LogP contribution in [-0.4, -0.2) is 44.0 Å². The Morgan fingerprint density at radius 1 is 0.889 bits per heavy atom. The molecule has 0 fully saturated rings. The number of hydrogen-bond acceptors (Lipinski definition) is 7. The van der Waals surface area contributed by atoms with Crippen LogP contribution in [0.25, 0.3) is 0 Å². The molecular formula is C20H18O7.